The van der Waals surface area contributed by atoms with Crippen LogP contribution in [0.1, 0.15) is 11.1 Å². The highest BCUT2D eigenvalue weighted by atomic mass is 31.0. The molecule has 0 aliphatic carbocycles. The van der Waals surface area contributed by atoms with Crippen LogP contribution in [0.5, 0.6) is 0 Å². The molecule has 4 rings (SSSR count). The van der Waals surface area contributed by atoms with E-state index in [1.165, 1.54) is 0 Å². The Morgan fingerprint density at radius 3 is 1.35 bits per heavy atom. The van der Waals surface area contributed by atoms with E-state index in [1.54, 1.807) is 0 Å². The van der Waals surface area contributed by atoms with Crippen molar-refractivity contribution in [2.45, 2.75) is 0 Å². The Morgan fingerprint density at radius 2 is 0.962 bits per heavy atom. The number of hydrogen-bond donors (Lipinski definition) is 0. The third-order valence-electron chi connectivity index (χ3n) is 4.68. The molecule has 122 valence electrons. The highest BCUT2D eigenvalue weighted by Gasteiger charge is 2.16. The summed E-state index contributed by atoms with van der Waals surface area (Å²) in [4.78, 5) is 0. The van der Waals surface area contributed by atoms with Crippen LogP contribution in [0.4, 0.5) is 0 Å². The topological polar surface area (TPSA) is 47.6 Å². The largest absolute Gasteiger partial charge is 0.192 e. The van der Waals surface area contributed by atoms with Gasteiger partial charge in [-0.15, -0.1) is 18.5 Å². The smallest absolute Gasteiger partial charge is 0.0998 e. The molecular formula is C22H14N2P2. The van der Waals surface area contributed by atoms with E-state index in [9.17, 15) is 10.5 Å². The number of rotatable bonds is 1. The van der Waals surface area contributed by atoms with Gasteiger partial charge < -0.3 is 0 Å². The fourth-order valence-corrected chi connectivity index (χ4v) is 4.29. The maximum absolute atomic E-state index is 9.47. The molecule has 2 unspecified atom stereocenters. The number of benzene rings is 4. The minimum Gasteiger partial charge on any atom is -0.192 e. The molecule has 0 spiro atoms. The van der Waals surface area contributed by atoms with Gasteiger partial charge in [-0.1, -0.05) is 48.5 Å². The Kier molecular flexibility index (Phi) is 4.18. The van der Waals surface area contributed by atoms with E-state index in [-0.39, 0.29) is 0 Å². The molecule has 0 amide bonds. The predicted molar refractivity (Wildman–Crippen MR) is 115 cm³/mol. The summed E-state index contributed by atoms with van der Waals surface area (Å²) >= 11 is 0. The van der Waals surface area contributed by atoms with Gasteiger partial charge in [0.15, 0.2) is 0 Å². The van der Waals surface area contributed by atoms with Gasteiger partial charge in [-0.05, 0) is 44.6 Å². The van der Waals surface area contributed by atoms with E-state index < -0.39 is 0 Å². The summed E-state index contributed by atoms with van der Waals surface area (Å²) in [6.45, 7) is 0. The fourth-order valence-electron chi connectivity index (χ4n) is 3.50. The third kappa shape index (κ3) is 2.48. The lowest BCUT2D eigenvalue weighted by Crippen LogP contribution is -2.06. The van der Waals surface area contributed by atoms with Crippen LogP contribution in [0, 0.1) is 22.7 Å². The summed E-state index contributed by atoms with van der Waals surface area (Å²) in [5.41, 5.74) is 3.49. The van der Waals surface area contributed by atoms with E-state index in [1.807, 2.05) is 48.5 Å². The summed E-state index contributed by atoms with van der Waals surface area (Å²) in [5.74, 6) is 0. The zero-order chi connectivity index (χ0) is 18.3. The molecule has 4 heteroatoms. The minimum absolute atomic E-state index is 0.664. The normalized spacial score (nSPS) is 10.6. The number of nitrogens with zero attached hydrogens (tertiary/aromatic N) is 2. The second-order valence-electron chi connectivity index (χ2n) is 6.08. The van der Waals surface area contributed by atoms with Crippen LogP contribution in [0.3, 0.4) is 0 Å². The van der Waals surface area contributed by atoms with Crippen molar-refractivity contribution in [3.63, 3.8) is 0 Å². The summed E-state index contributed by atoms with van der Waals surface area (Å²) in [6, 6.07) is 24.2. The zero-order valence-corrected chi connectivity index (χ0v) is 16.1. The Bertz CT molecular complexity index is 1180. The van der Waals surface area contributed by atoms with Crippen molar-refractivity contribution in [1.29, 1.82) is 10.5 Å². The van der Waals surface area contributed by atoms with E-state index in [0.29, 0.717) is 11.1 Å². The first-order valence-electron chi connectivity index (χ1n) is 8.08. The monoisotopic (exact) mass is 368 g/mol. The third-order valence-corrected chi connectivity index (χ3v) is 5.64. The van der Waals surface area contributed by atoms with Crippen LogP contribution in [0.25, 0.3) is 32.7 Å². The van der Waals surface area contributed by atoms with Gasteiger partial charge in [-0.2, -0.15) is 10.5 Å². The molecule has 0 N–H and O–H groups in total. The molecule has 2 atom stereocenters. The van der Waals surface area contributed by atoms with Crippen molar-refractivity contribution >= 4 is 50.6 Å². The highest BCUT2D eigenvalue weighted by molar-refractivity contribution is 7.29. The Balaban J connectivity index is 2.22. The molecule has 0 bridgehead atoms. The second kappa shape index (κ2) is 6.52. The Labute approximate surface area is 156 Å². The zero-order valence-electron chi connectivity index (χ0n) is 13.8. The number of nitriles is 2. The van der Waals surface area contributed by atoms with E-state index in [2.05, 4.69) is 42.8 Å². The molecule has 4 aromatic rings. The van der Waals surface area contributed by atoms with Crippen molar-refractivity contribution in [3.8, 4) is 23.3 Å². The minimum atomic E-state index is 0.664. The summed E-state index contributed by atoms with van der Waals surface area (Å²) in [7, 11) is 5.61. The predicted octanol–water partition coefficient (Wildman–Crippen LogP) is 4.40. The van der Waals surface area contributed by atoms with Crippen molar-refractivity contribution < 1.29 is 0 Å². The maximum atomic E-state index is 9.47. The van der Waals surface area contributed by atoms with Crippen LogP contribution >= 0.6 is 18.5 Å². The van der Waals surface area contributed by atoms with Crippen LogP contribution < -0.4 is 10.6 Å². The lowest BCUT2D eigenvalue weighted by molar-refractivity contribution is 1.50. The van der Waals surface area contributed by atoms with Crippen molar-refractivity contribution in [3.05, 3.63) is 71.8 Å². The van der Waals surface area contributed by atoms with Crippen LogP contribution in [0.2, 0.25) is 0 Å². The molecule has 0 radical (unpaired) electrons. The maximum Gasteiger partial charge on any atom is 0.0998 e. The molecule has 0 aliphatic heterocycles. The van der Waals surface area contributed by atoms with Gasteiger partial charge in [0.25, 0.3) is 0 Å². The van der Waals surface area contributed by atoms with Crippen molar-refractivity contribution in [2.75, 3.05) is 0 Å². The first kappa shape index (κ1) is 16.7. The molecule has 0 saturated carbocycles. The number of fused-ring (bicyclic) bond motifs is 2. The summed E-state index contributed by atoms with van der Waals surface area (Å²) in [5, 5.41) is 25.0. The van der Waals surface area contributed by atoms with Gasteiger partial charge in [-0.3, -0.25) is 0 Å². The highest BCUT2D eigenvalue weighted by Crippen LogP contribution is 2.35. The van der Waals surface area contributed by atoms with Gasteiger partial charge in [0.05, 0.1) is 23.3 Å². The molecule has 0 aromatic heterocycles. The van der Waals surface area contributed by atoms with E-state index in [4.69, 9.17) is 0 Å². The molecule has 0 saturated heterocycles. The molecule has 26 heavy (non-hydrogen) atoms. The van der Waals surface area contributed by atoms with Gasteiger partial charge in [-0.25, -0.2) is 0 Å². The fraction of sp³-hybridized carbons (Fsp3) is 0. The SMILES string of the molecule is N#Cc1cccc2c(-c3c(P)ccc4c(C#N)cccc34)c(P)ccc12. The summed E-state index contributed by atoms with van der Waals surface area (Å²) in [6.07, 6.45) is 0. The summed E-state index contributed by atoms with van der Waals surface area (Å²) < 4.78 is 0. The molecule has 2 nitrogen and oxygen atoms in total. The first-order valence-corrected chi connectivity index (χ1v) is 9.24. The molecule has 0 fully saturated rings. The molecular weight excluding hydrogens is 354 g/mol. The van der Waals surface area contributed by atoms with Gasteiger partial charge >= 0.3 is 0 Å². The average molecular weight is 368 g/mol. The lowest BCUT2D eigenvalue weighted by atomic mass is 9.91. The van der Waals surface area contributed by atoms with Crippen LogP contribution in [0.15, 0.2) is 60.7 Å². The Morgan fingerprint density at radius 1 is 0.538 bits per heavy atom. The van der Waals surface area contributed by atoms with E-state index >= 15 is 0 Å². The quantitative estimate of drug-likeness (QED) is 0.468. The van der Waals surface area contributed by atoms with Gasteiger partial charge in [0.1, 0.15) is 0 Å². The standard InChI is InChI=1S/C22H14N2P2/c23-11-13-3-1-5-17-15(13)7-9-19(25)21(17)22-18-6-2-4-14(12-24)16(18)8-10-20(22)26/h1-10H,25-26H2. The molecule has 0 heterocycles. The van der Waals surface area contributed by atoms with Gasteiger partial charge in [0.2, 0.25) is 0 Å². The van der Waals surface area contributed by atoms with Crippen molar-refractivity contribution in [1.82, 2.24) is 0 Å². The molecule has 4 aromatic carbocycles. The van der Waals surface area contributed by atoms with Crippen LogP contribution in [-0.4, -0.2) is 0 Å². The molecule has 0 aliphatic rings. The first-order chi connectivity index (χ1) is 12.7. The average Bonchev–Trinajstić information content (AvgIpc) is 2.67. The Hall–Kier alpha value is -2.76. The second-order valence-corrected chi connectivity index (χ2v) is 7.33. The van der Waals surface area contributed by atoms with Crippen molar-refractivity contribution in [2.24, 2.45) is 0 Å². The van der Waals surface area contributed by atoms with Crippen LogP contribution in [-0.2, 0) is 0 Å². The van der Waals surface area contributed by atoms with E-state index in [0.717, 1.165) is 43.3 Å². The number of hydrogen-bond acceptors (Lipinski definition) is 2. The lowest BCUT2D eigenvalue weighted by Gasteiger charge is -2.16. The van der Waals surface area contributed by atoms with Gasteiger partial charge in [0, 0.05) is 10.8 Å².